The third-order valence-corrected chi connectivity index (χ3v) is 2.11. The smallest absolute Gasteiger partial charge is 0.230 e. The van der Waals surface area contributed by atoms with Crippen LogP contribution in [-0.4, -0.2) is 29.7 Å². The molecule has 1 amide bonds. The second kappa shape index (κ2) is 4.24. The molecule has 0 N–H and O–H groups in total. The Labute approximate surface area is 72.7 Å². The Balaban J connectivity index is 2.34. The first-order valence-electron chi connectivity index (χ1n) is 4.47. The van der Waals surface area contributed by atoms with Crippen molar-refractivity contribution in [3.05, 3.63) is 0 Å². The van der Waals surface area contributed by atoms with Gasteiger partial charge in [-0.05, 0) is 26.2 Å². The number of piperidine rings is 1. The molecule has 0 saturated carbocycles. The standard InChI is InChI=1S/C9H15NO2/c1-8(11)7-9(12)10-5-3-2-4-6-10/h2-7H2,1H3. The molecule has 0 aromatic carbocycles. The van der Waals surface area contributed by atoms with Gasteiger partial charge in [0.1, 0.15) is 5.78 Å². The van der Waals surface area contributed by atoms with E-state index in [1.165, 1.54) is 13.3 Å². The number of amides is 1. The minimum Gasteiger partial charge on any atom is -0.342 e. The summed E-state index contributed by atoms with van der Waals surface area (Å²) in [6, 6.07) is 0. The maximum atomic E-state index is 11.3. The zero-order valence-electron chi connectivity index (χ0n) is 7.51. The number of Topliss-reactive ketones (excluding diaryl/α,β-unsaturated/α-hetero) is 1. The van der Waals surface area contributed by atoms with Gasteiger partial charge in [0.05, 0.1) is 6.42 Å². The van der Waals surface area contributed by atoms with E-state index in [1.54, 1.807) is 4.90 Å². The molecule has 3 heteroatoms. The quantitative estimate of drug-likeness (QED) is 0.578. The van der Waals surface area contributed by atoms with E-state index >= 15 is 0 Å². The van der Waals surface area contributed by atoms with E-state index in [-0.39, 0.29) is 18.1 Å². The average molecular weight is 169 g/mol. The highest BCUT2D eigenvalue weighted by Crippen LogP contribution is 2.09. The van der Waals surface area contributed by atoms with Crippen LogP contribution in [0.5, 0.6) is 0 Å². The molecule has 1 aliphatic heterocycles. The van der Waals surface area contributed by atoms with Crippen LogP contribution in [0.25, 0.3) is 0 Å². The molecule has 1 fully saturated rings. The third-order valence-electron chi connectivity index (χ3n) is 2.11. The van der Waals surface area contributed by atoms with Crippen molar-refractivity contribution in [1.29, 1.82) is 0 Å². The number of hydrogen-bond acceptors (Lipinski definition) is 2. The number of carbonyl (C=O) groups is 2. The van der Waals surface area contributed by atoms with Crippen LogP contribution in [0.2, 0.25) is 0 Å². The Bertz CT molecular complexity index is 183. The highest BCUT2D eigenvalue weighted by atomic mass is 16.2. The van der Waals surface area contributed by atoms with Gasteiger partial charge < -0.3 is 4.90 Å². The van der Waals surface area contributed by atoms with E-state index in [0.29, 0.717) is 0 Å². The molecule has 68 valence electrons. The molecule has 0 bridgehead atoms. The van der Waals surface area contributed by atoms with Crippen LogP contribution in [0, 0.1) is 0 Å². The van der Waals surface area contributed by atoms with Crippen LogP contribution >= 0.6 is 0 Å². The zero-order valence-corrected chi connectivity index (χ0v) is 7.51. The number of likely N-dealkylation sites (tertiary alicyclic amines) is 1. The van der Waals surface area contributed by atoms with Crippen molar-refractivity contribution in [3.63, 3.8) is 0 Å². The Kier molecular flexibility index (Phi) is 3.26. The first-order chi connectivity index (χ1) is 5.70. The molecule has 12 heavy (non-hydrogen) atoms. The largest absolute Gasteiger partial charge is 0.342 e. The minimum absolute atomic E-state index is 0.00204. The van der Waals surface area contributed by atoms with E-state index in [9.17, 15) is 9.59 Å². The molecule has 1 heterocycles. The molecule has 0 aromatic rings. The van der Waals surface area contributed by atoms with E-state index in [0.717, 1.165) is 25.9 Å². The van der Waals surface area contributed by atoms with Gasteiger partial charge in [0.2, 0.25) is 5.91 Å². The molecule has 0 radical (unpaired) electrons. The first kappa shape index (κ1) is 9.23. The fraction of sp³-hybridized carbons (Fsp3) is 0.778. The summed E-state index contributed by atoms with van der Waals surface area (Å²) in [5.74, 6) is -0.0345. The fourth-order valence-electron chi connectivity index (χ4n) is 1.47. The lowest BCUT2D eigenvalue weighted by Crippen LogP contribution is -2.36. The van der Waals surface area contributed by atoms with Crippen LogP contribution in [0.1, 0.15) is 32.6 Å². The lowest BCUT2D eigenvalue weighted by Gasteiger charge is -2.26. The molecule has 0 unspecified atom stereocenters. The maximum Gasteiger partial charge on any atom is 0.230 e. The monoisotopic (exact) mass is 169 g/mol. The van der Waals surface area contributed by atoms with Crippen molar-refractivity contribution in [3.8, 4) is 0 Å². The summed E-state index contributed by atoms with van der Waals surface area (Å²) >= 11 is 0. The van der Waals surface area contributed by atoms with Crippen molar-refractivity contribution in [2.24, 2.45) is 0 Å². The van der Waals surface area contributed by atoms with E-state index in [1.807, 2.05) is 0 Å². The second-order valence-corrected chi connectivity index (χ2v) is 3.32. The van der Waals surface area contributed by atoms with Crippen LogP contribution in [0.4, 0.5) is 0 Å². The maximum absolute atomic E-state index is 11.3. The van der Waals surface area contributed by atoms with Crippen molar-refractivity contribution in [2.45, 2.75) is 32.6 Å². The molecule has 1 aliphatic rings. The molecule has 1 rings (SSSR count). The highest BCUT2D eigenvalue weighted by Gasteiger charge is 2.16. The number of rotatable bonds is 2. The van der Waals surface area contributed by atoms with Gasteiger partial charge in [-0.25, -0.2) is 0 Å². The van der Waals surface area contributed by atoms with E-state index < -0.39 is 0 Å². The number of ketones is 1. The van der Waals surface area contributed by atoms with Gasteiger partial charge in [-0.3, -0.25) is 9.59 Å². The minimum atomic E-state index is -0.0365. The van der Waals surface area contributed by atoms with Gasteiger partial charge >= 0.3 is 0 Å². The summed E-state index contributed by atoms with van der Waals surface area (Å²) in [6.07, 6.45) is 3.47. The summed E-state index contributed by atoms with van der Waals surface area (Å²) in [7, 11) is 0. The zero-order chi connectivity index (χ0) is 8.97. The second-order valence-electron chi connectivity index (χ2n) is 3.32. The summed E-state index contributed by atoms with van der Waals surface area (Å²) in [5, 5.41) is 0. The van der Waals surface area contributed by atoms with E-state index in [2.05, 4.69) is 0 Å². The normalized spacial score (nSPS) is 17.6. The van der Waals surface area contributed by atoms with E-state index in [4.69, 9.17) is 0 Å². The topological polar surface area (TPSA) is 37.4 Å². The van der Waals surface area contributed by atoms with Crippen molar-refractivity contribution in [1.82, 2.24) is 4.90 Å². The van der Waals surface area contributed by atoms with Crippen molar-refractivity contribution < 1.29 is 9.59 Å². The molecule has 1 saturated heterocycles. The lowest BCUT2D eigenvalue weighted by atomic mass is 10.1. The molecule has 0 aromatic heterocycles. The molecular formula is C9H15NO2. The first-order valence-corrected chi connectivity index (χ1v) is 4.47. The summed E-state index contributed by atoms with van der Waals surface area (Å²) in [4.78, 5) is 23.8. The predicted molar refractivity (Wildman–Crippen MR) is 45.7 cm³/mol. The van der Waals surface area contributed by atoms with Gasteiger partial charge in [0.15, 0.2) is 0 Å². The Morgan fingerprint density at radius 2 is 1.75 bits per heavy atom. The van der Waals surface area contributed by atoms with Gasteiger partial charge in [-0.1, -0.05) is 0 Å². The van der Waals surface area contributed by atoms with Crippen LogP contribution in [0.15, 0.2) is 0 Å². The SMILES string of the molecule is CC(=O)CC(=O)N1CCCCC1. The molecular weight excluding hydrogens is 154 g/mol. The molecule has 0 atom stereocenters. The van der Waals surface area contributed by atoms with Crippen LogP contribution in [-0.2, 0) is 9.59 Å². The molecule has 3 nitrogen and oxygen atoms in total. The van der Waals surface area contributed by atoms with Gasteiger partial charge in [0, 0.05) is 13.1 Å². The van der Waals surface area contributed by atoms with Crippen molar-refractivity contribution >= 4 is 11.7 Å². The lowest BCUT2D eigenvalue weighted by molar-refractivity contribution is -0.135. The van der Waals surface area contributed by atoms with Gasteiger partial charge in [0.25, 0.3) is 0 Å². The fourth-order valence-corrected chi connectivity index (χ4v) is 1.47. The summed E-state index contributed by atoms with van der Waals surface area (Å²) in [6.45, 7) is 3.14. The van der Waals surface area contributed by atoms with Gasteiger partial charge in [-0.15, -0.1) is 0 Å². The molecule has 0 spiro atoms. The summed E-state index contributed by atoms with van der Waals surface area (Å²) in [5.41, 5.74) is 0. The van der Waals surface area contributed by atoms with Crippen LogP contribution < -0.4 is 0 Å². The predicted octanol–water partition coefficient (Wildman–Crippen LogP) is 0.978. The highest BCUT2D eigenvalue weighted by molar-refractivity contribution is 5.96. The average Bonchev–Trinajstić information content (AvgIpc) is 2.05. The number of nitrogens with zero attached hydrogens (tertiary/aromatic N) is 1. The molecule has 0 aliphatic carbocycles. The van der Waals surface area contributed by atoms with Crippen molar-refractivity contribution in [2.75, 3.05) is 13.1 Å². The van der Waals surface area contributed by atoms with Crippen LogP contribution in [0.3, 0.4) is 0 Å². The summed E-state index contributed by atoms with van der Waals surface area (Å²) < 4.78 is 0. The Morgan fingerprint density at radius 1 is 1.17 bits per heavy atom. The number of hydrogen-bond donors (Lipinski definition) is 0. The third kappa shape index (κ3) is 2.64. The van der Waals surface area contributed by atoms with Gasteiger partial charge in [-0.2, -0.15) is 0 Å². The number of carbonyl (C=O) groups excluding carboxylic acids is 2. The Morgan fingerprint density at radius 3 is 2.25 bits per heavy atom. The Hall–Kier alpha value is -0.860.